The number of nitrogens with zero attached hydrogens (tertiary/aromatic N) is 1. The minimum absolute atomic E-state index is 0.212. The number of carbonyl (C=O) groups is 2. The second-order valence-corrected chi connectivity index (χ2v) is 6.69. The molecule has 0 spiro atoms. The van der Waals surface area contributed by atoms with E-state index in [1.54, 1.807) is 36.7 Å². The van der Waals surface area contributed by atoms with Crippen molar-refractivity contribution in [2.45, 2.75) is 13.0 Å². The van der Waals surface area contributed by atoms with Crippen molar-refractivity contribution in [2.24, 2.45) is 0 Å². The number of pyridine rings is 1. The lowest BCUT2D eigenvalue weighted by atomic mass is 10.1. The van der Waals surface area contributed by atoms with Gasteiger partial charge in [0.2, 0.25) is 0 Å². The van der Waals surface area contributed by atoms with E-state index in [4.69, 9.17) is 11.6 Å². The zero-order chi connectivity index (χ0) is 19.8. The van der Waals surface area contributed by atoms with Crippen LogP contribution in [0.4, 0.5) is 0 Å². The van der Waals surface area contributed by atoms with E-state index >= 15 is 0 Å². The fraction of sp³-hybridized carbons (Fsp3) is 0.136. The van der Waals surface area contributed by atoms with Crippen LogP contribution in [0, 0.1) is 0 Å². The third-order valence-electron chi connectivity index (χ3n) is 4.18. The van der Waals surface area contributed by atoms with Crippen molar-refractivity contribution in [3.05, 3.63) is 100 Å². The van der Waals surface area contributed by atoms with Crippen LogP contribution in [-0.2, 0) is 13.0 Å². The molecular formula is C22H20ClN3O2. The highest BCUT2D eigenvalue weighted by molar-refractivity contribution is 6.30. The Bertz CT molecular complexity index is 944. The van der Waals surface area contributed by atoms with Crippen LogP contribution in [0.3, 0.4) is 0 Å². The molecule has 3 aromatic rings. The van der Waals surface area contributed by atoms with Gasteiger partial charge >= 0.3 is 0 Å². The number of halogens is 1. The molecule has 1 heterocycles. The van der Waals surface area contributed by atoms with Crippen LogP contribution in [-0.4, -0.2) is 23.3 Å². The number of nitrogens with one attached hydrogen (secondary N) is 2. The Morgan fingerprint density at radius 3 is 2.25 bits per heavy atom. The topological polar surface area (TPSA) is 71.1 Å². The molecule has 6 heteroatoms. The number of rotatable bonds is 7. The summed E-state index contributed by atoms with van der Waals surface area (Å²) in [6.07, 6.45) is 4.08. The van der Waals surface area contributed by atoms with Gasteiger partial charge in [-0.1, -0.05) is 35.9 Å². The fourth-order valence-electron chi connectivity index (χ4n) is 2.66. The van der Waals surface area contributed by atoms with Gasteiger partial charge in [0.15, 0.2) is 0 Å². The molecule has 0 aliphatic carbocycles. The smallest absolute Gasteiger partial charge is 0.251 e. The average molecular weight is 394 g/mol. The SMILES string of the molecule is O=C(NCCc1ccc(Cl)cc1)c1cccc(C(=O)NCc2cccnc2)c1. The van der Waals surface area contributed by atoms with Crippen LogP contribution >= 0.6 is 11.6 Å². The molecule has 0 saturated heterocycles. The predicted molar refractivity (Wildman–Crippen MR) is 109 cm³/mol. The molecular weight excluding hydrogens is 374 g/mol. The maximum Gasteiger partial charge on any atom is 0.251 e. The largest absolute Gasteiger partial charge is 0.352 e. The summed E-state index contributed by atoms with van der Waals surface area (Å²) in [5.41, 5.74) is 2.89. The number of benzene rings is 2. The van der Waals surface area contributed by atoms with Crippen LogP contribution in [0.1, 0.15) is 31.8 Å². The quantitative estimate of drug-likeness (QED) is 0.643. The normalized spacial score (nSPS) is 10.3. The second-order valence-electron chi connectivity index (χ2n) is 6.26. The van der Waals surface area contributed by atoms with Gasteiger partial charge in [-0.2, -0.15) is 0 Å². The number of aromatic nitrogens is 1. The first-order valence-corrected chi connectivity index (χ1v) is 9.29. The van der Waals surface area contributed by atoms with Crippen LogP contribution in [0.15, 0.2) is 73.1 Å². The van der Waals surface area contributed by atoms with Gasteiger partial charge in [0.1, 0.15) is 0 Å². The Morgan fingerprint density at radius 1 is 0.857 bits per heavy atom. The third-order valence-corrected chi connectivity index (χ3v) is 4.43. The van der Waals surface area contributed by atoms with Crippen LogP contribution in [0.25, 0.3) is 0 Å². The lowest BCUT2D eigenvalue weighted by Gasteiger charge is -2.08. The predicted octanol–water partition coefficient (Wildman–Crippen LogP) is 3.64. The van der Waals surface area contributed by atoms with Gasteiger partial charge < -0.3 is 10.6 Å². The van der Waals surface area contributed by atoms with Crippen molar-refractivity contribution in [3.63, 3.8) is 0 Å². The van der Waals surface area contributed by atoms with Crippen molar-refractivity contribution in [3.8, 4) is 0 Å². The molecule has 3 rings (SSSR count). The molecule has 0 radical (unpaired) electrons. The second kappa shape index (κ2) is 9.67. The molecule has 5 nitrogen and oxygen atoms in total. The van der Waals surface area contributed by atoms with Gasteiger partial charge in [-0.25, -0.2) is 0 Å². The highest BCUT2D eigenvalue weighted by Crippen LogP contribution is 2.10. The van der Waals surface area contributed by atoms with E-state index in [1.807, 2.05) is 36.4 Å². The molecule has 0 atom stereocenters. The zero-order valence-corrected chi connectivity index (χ0v) is 15.9. The van der Waals surface area contributed by atoms with Gasteiger partial charge in [-0.15, -0.1) is 0 Å². The van der Waals surface area contributed by atoms with Gasteiger partial charge in [0, 0.05) is 41.6 Å². The summed E-state index contributed by atoms with van der Waals surface area (Å²) in [6.45, 7) is 0.877. The van der Waals surface area contributed by atoms with Gasteiger partial charge in [0.25, 0.3) is 11.8 Å². The van der Waals surface area contributed by atoms with E-state index in [9.17, 15) is 9.59 Å². The highest BCUT2D eigenvalue weighted by atomic mass is 35.5. The first kappa shape index (κ1) is 19.6. The lowest BCUT2D eigenvalue weighted by Crippen LogP contribution is -2.27. The van der Waals surface area contributed by atoms with Crippen molar-refractivity contribution in [1.82, 2.24) is 15.6 Å². The first-order chi connectivity index (χ1) is 13.6. The molecule has 2 aromatic carbocycles. The Kier molecular flexibility index (Phi) is 6.76. The molecule has 0 aliphatic heterocycles. The summed E-state index contributed by atoms with van der Waals surface area (Å²) in [5.74, 6) is -0.449. The molecule has 0 fully saturated rings. The Hall–Kier alpha value is -3.18. The monoisotopic (exact) mass is 393 g/mol. The van der Waals surface area contributed by atoms with Crippen LogP contribution in [0.5, 0.6) is 0 Å². The van der Waals surface area contributed by atoms with Gasteiger partial charge in [-0.05, 0) is 53.9 Å². The number of hydrogen-bond acceptors (Lipinski definition) is 3. The summed E-state index contributed by atoms with van der Waals surface area (Å²) < 4.78 is 0. The minimum Gasteiger partial charge on any atom is -0.352 e. The van der Waals surface area contributed by atoms with Crippen molar-refractivity contribution < 1.29 is 9.59 Å². The van der Waals surface area contributed by atoms with Crippen molar-refractivity contribution >= 4 is 23.4 Å². The van der Waals surface area contributed by atoms with Crippen LogP contribution < -0.4 is 10.6 Å². The maximum atomic E-state index is 12.4. The summed E-state index contributed by atoms with van der Waals surface area (Å²) in [5, 5.41) is 6.39. The standard InChI is InChI=1S/C22H20ClN3O2/c23-20-8-6-16(7-9-20)10-12-25-21(27)18-4-1-5-19(13-18)22(28)26-15-17-3-2-11-24-14-17/h1-9,11,13-14H,10,12,15H2,(H,25,27)(H,26,28). The van der Waals surface area contributed by atoms with E-state index in [1.165, 1.54) is 0 Å². The van der Waals surface area contributed by atoms with Crippen molar-refractivity contribution in [2.75, 3.05) is 6.54 Å². The van der Waals surface area contributed by atoms with E-state index in [0.29, 0.717) is 35.7 Å². The van der Waals surface area contributed by atoms with E-state index in [2.05, 4.69) is 15.6 Å². The maximum absolute atomic E-state index is 12.4. The van der Waals surface area contributed by atoms with E-state index < -0.39 is 0 Å². The Morgan fingerprint density at radius 2 is 1.57 bits per heavy atom. The summed E-state index contributed by atoms with van der Waals surface area (Å²) in [7, 11) is 0. The third kappa shape index (κ3) is 5.66. The van der Waals surface area contributed by atoms with Gasteiger partial charge in [-0.3, -0.25) is 14.6 Å². The van der Waals surface area contributed by atoms with Gasteiger partial charge in [0.05, 0.1) is 0 Å². The number of carbonyl (C=O) groups excluding carboxylic acids is 2. The molecule has 28 heavy (non-hydrogen) atoms. The molecule has 0 bridgehead atoms. The molecule has 0 saturated carbocycles. The Labute approximate surface area is 168 Å². The summed E-state index contributed by atoms with van der Waals surface area (Å²) >= 11 is 5.87. The Balaban J connectivity index is 1.53. The average Bonchev–Trinajstić information content (AvgIpc) is 2.74. The molecule has 1 aromatic heterocycles. The molecule has 2 N–H and O–H groups in total. The highest BCUT2D eigenvalue weighted by Gasteiger charge is 2.10. The summed E-state index contributed by atoms with van der Waals surface area (Å²) in [6, 6.07) is 17.9. The molecule has 142 valence electrons. The minimum atomic E-state index is -0.236. The molecule has 0 aliphatic rings. The van der Waals surface area contributed by atoms with Crippen LogP contribution in [0.2, 0.25) is 5.02 Å². The summed E-state index contributed by atoms with van der Waals surface area (Å²) in [4.78, 5) is 28.7. The molecule has 2 amide bonds. The number of hydrogen-bond donors (Lipinski definition) is 2. The van der Waals surface area contributed by atoms with Crippen molar-refractivity contribution in [1.29, 1.82) is 0 Å². The van der Waals surface area contributed by atoms with E-state index in [0.717, 1.165) is 11.1 Å². The van der Waals surface area contributed by atoms with E-state index in [-0.39, 0.29) is 11.8 Å². The first-order valence-electron chi connectivity index (χ1n) is 8.91. The number of amides is 2. The zero-order valence-electron chi connectivity index (χ0n) is 15.2. The fourth-order valence-corrected chi connectivity index (χ4v) is 2.79. The molecule has 0 unspecified atom stereocenters. The lowest BCUT2D eigenvalue weighted by molar-refractivity contribution is 0.0950.